The van der Waals surface area contributed by atoms with Gasteiger partial charge in [-0.25, -0.2) is 9.59 Å². The van der Waals surface area contributed by atoms with Gasteiger partial charge in [0.2, 0.25) is 0 Å². The molecule has 0 aliphatic rings. The second kappa shape index (κ2) is 14.3. The lowest BCUT2D eigenvalue weighted by atomic mass is 9.99. The third kappa shape index (κ3) is 7.19. The molecule has 9 nitrogen and oxygen atoms in total. The minimum Gasteiger partial charge on any atom is -0.492 e. The Bertz CT molecular complexity index is 1910. The van der Waals surface area contributed by atoms with Gasteiger partial charge in [0.1, 0.15) is 30.8 Å². The van der Waals surface area contributed by atoms with Crippen molar-refractivity contribution in [3.8, 4) is 16.9 Å². The van der Waals surface area contributed by atoms with Crippen LogP contribution in [-0.2, 0) is 30.4 Å². The quantitative estimate of drug-likeness (QED) is 0.0449. The van der Waals surface area contributed by atoms with Crippen LogP contribution in [0.3, 0.4) is 0 Å². The molecule has 0 fully saturated rings. The number of oxime groups is 1. The first kappa shape index (κ1) is 31.0. The zero-order valence-corrected chi connectivity index (χ0v) is 25.7. The van der Waals surface area contributed by atoms with Crippen LogP contribution in [0.5, 0.6) is 5.75 Å². The molecule has 45 heavy (non-hydrogen) atoms. The Kier molecular flexibility index (Phi) is 9.86. The molecule has 0 saturated heterocycles. The van der Waals surface area contributed by atoms with Crippen LogP contribution in [-0.4, -0.2) is 50.2 Å². The maximum Gasteiger partial charge on any atom is 0.345 e. The number of methoxy groups -OCH3 is 2. The summed E-state index contributed by atoms with van der Waals surface area (Å²) in [5.41, 5.74) is 5.79. The molecule has 0 radical (unpaired) electrons. The topological polar surface area (TPSA) is 105 Å². The molecule has 0 bridgehead atoms. The van der Waals surface area contributed by atoms with Crippen LogP contribution < -0.4 is 9.61 Å². The van der Waals surface area contributed by atoms with Crippen LogP contribution in [0.2, 0.25) is 0 Å². The number of hydrogen-bond acceptors (Lipinski definition) is 9. The van der Waals surface area contributed by atoms with Crippen molar-refractivity contribution in [3.63, 3.8) is 0 Å². The number of fused-ring (bicyclic) bond motifs is 1. The number of aromatic nitrogens is 1. The predicted octanol–water partition coefficient (Wildman–Crippen LogP) is 5.94. The molecule has 0 N–H and O–H groups in total. The number of esters is 2. The molecule has 0 unspecified atom stereocenters. The van der Waals surface area contributed by atoms with Gasteiger partial charge in [0.05, 0.1) is 31.0 Å². The number of benzene rings is 4. The molecular weight excluding hydrogens is 592 g/mol. The van der Waals surface area contributed by atoms with E-state index in [0.29, 0.717) is 23.6 Å². The van der Waals surface area contributed by atoms with Gasteiger partial charge < -0.3 is 19.0 Å². The lowest BCUT2D eigenvalue weighted by Gasteiger charge is -2.10. The molecule has 4 aromatic carbocycles. The lowest BCUT2D eigenvalue weighted by molar-refractivity contribution is -0.143. The van der Waals surface area contributed by atoms with E-state index in [1.807, 2.05) is 48.5 Å². The normalized spacial score (nSPS) is 11.1. The van der Waals surface area contributed by atoms with Crippen molar-refractivity contribution < 1.29 is 28.6 Å². The zero-order valence-electron chi connectivity index (χ0n) is 24.9. The summed E-state index contributed by atoms with van der Waals surface area (Å²) < 4.78 is 17.7. The van der Waals surface area contributed by atoms with Crippen molar-refractivity contribution in [2.45, 2.75) is 6.54 Å². The maximum atomic E-state index is 12.9. The number of ether oxygens (including phenoxy) is 3. The summed E-state index contributed by atoms with van der Waals surface area (Å²) in [6, 6.07) is 30.9. The Labute approximate surface area is 263 Å². The Morgan fingerprint density at radius 2 is 1.44 bits per heavy atom. The zero-order chi connectivity index (χ0) is 31.8. The summed E-state index contributed by atoms with van der Waals surface area (Å²) in [5, 5.41) is 4.30. The summed E-state index contributed by atoms with van der Waals surface area (Å²) in [4.78, 5) is 41.8. The van der Waals surface area contributed by atoms with Crippen LogP contribution in [0.4, 0.5) is 0 Å². The monoisotopic (exact) mass is 622 g/mol. The first-order valence-electron chi connectivity index (χ1n) is 13.9. The van der Waals surface area contributed by atoms with Crippen molar-refractivity contribution >= 4 is 45.3 Å². The van der Waals surface area contributed by atoms with E-state index >= 15 is 0 Å². The van der Waals surface area contributed by atoms with Crippen molar-refractivity contribution in [1.29, 1.82) is 0 Å². The lowest BCUT2D eigenvalue weighted by Crippen LogP contribution is -2.17. The largest absolute Gasteiger partial charge is 0.492 e. The second-order valence-electron chi connectivity index (χ2n) is 9.73. The third-order valence-corrected chi connectivity index (χ3v) is 7.92. The average molecular weight is 623 g/mol. The van der Waals surface area contributed by atoms with Crippen LogP contribution in [0.1, 0.15) is 16.7 Å². The van der Waals surface area contributed by atoms with Crippen molar-refractivity contribution in [2.24, 2.45) is 5.16 Å². The van der Waals surface area contributed by atoms with Gasteiger partial charge in [0.15, 0.2) is 0 Å². The first-order chi connectivity index (χ1) is 21.9. The Balaban J connectivity index is 1.29. The first-order valence-corrected chi connectivity index (χ1v) is 14.8. The number of nitrogens with zero attached hydrogens (tertiary/aromatic N) is 2. The fourth-order valence-electron chi connectivity index (χ4n) is 4.74. The van der Waals surface area contributed by atoms with Crippen LogP contribution >= 0.6 is 11.3 Å². The summed E-state index contributed by atoms with van der Waals surface area (Å²) in [6.45, 7) is 0.594. The molecule has 228 valence electrons. The van der Waals surface area contributed by atoms with Gasteiger partial charge in [-0.3, -0.25) is 9.36 Å². The summed E-state index contributed by atoms with van der Waals surface area (Å²) in [7, 11) is 3.89. The standard InChI is InChI=1S/C35H30N2O7S/c1-41-33(38)29(34(39)42-2)21-23-9-16-28(17-10-23)44-20-19-37-30-18-15-27(22-31(30)45-35(37)40)32(36-43-3)26-13-11-25(12-14-26)24-7-5-4-6-8-24/h4-18,21-22H,19-20H2,1-3H3. The second-order valence-corrected chi connectivity index (χ2v) is 10.7. The molecule has 0 aliphatic heterocycles. The molecule has 5 rings (SSSR count). The molecule has 5 aromatic rings. The maximum absolute atomic E-state index is 12.9. The van der Waals surface area contributed by atoms with E-state index in [0.717, 1.165) is 43.8 Å². The smallest absolute Gasteiger partial charge is 0.345 e. The van der Waals surface area contributed by atoms with Gasteiger partial charge in [-0.1, -0.05) is 89.3 Å². The van der Waals surface area contributed by atoms with Gasteiger partial charge in [-0.05, 0) is 47.0 Å². The van der Waals surface area contributed by atoms with E-state index in [9.17, 15) is 14.4 Å². The molecule has 1 heterocycles. The number of carbonyl (C=O) groups excluding carboxylic acids is 2. The molecule has 0 spiro atoms. The predicted molar refractivity (Wildman–Crippen MR) is 175 cm³/mol. The molecule has 0 aliphatic carbocycles. The number of rotatable bonds is 11. The van der Waals surface area contributed by atoms with E-state index in [2.05, 4.69) is 38.9 Å². The highest BCUT2D eigenvalue weighted by molar-refractivity contribution is 7.16. The van der Waals surface area contributed by atoms with Crippen molar-refractivity contribution in [2.75, 3.05) is 27.9 Å². The molecule has 0 saturated carbocycles. The van der Waals surface area contributed by atoms with Crippen molar-refractivity contribution in [1.82, 2.24) is 4.57 Å². The van der Waals surface area contributed by atoms with Gasteiger partial charge in [0, 0.05) is 11.1 Å². The van der Waals surface area contributed by atoms with E-state index in [1.165, 1.54) is 27.4 Å². The van der Waals surface area contributed by atoms with Gasteiger partial charge in [0.25, 0.3) is 0 Å². The Morgan fingerprint density at radius 3 is 2.09 bits per heavy atom. The number of carbonyl (C=O) groups is 2. The van der Waals surface area contributed by atoms with Crippen LogP contribution in [0.25, 0.3) is 27.4 Å². The number of thiazole rings is 1. The highest BCUT2D eigenvalue weighted by Gasteiger charge is 2.19. The highest BCUT2D eigenvalue weighted by atomic mass is 32.1. The highest BCUT2D eigenvalue weighted by Crippen LogP contribution is 2.24. The summed E-state index contributed by atoms with van der Waals surface area (Å²) in [5.74, 6) is -1.01. The summed E-state index contributed by atoms with van der Waals surface area (Å²) >= 11 is 1.16. The third-order valence-electron chi connectivity index (χ3n) is 6.98. The fraction of sp³-hybridized carbons (Fsp3) is 0.143. The Morgan fingerprint density at radius 1 is 0.800 bits per heavy atom. The van der Waals surface area contributed by atoms with Crippen molar-refractivity contribution in [3.05, 3.63) is 129 Å². The molecule has 0 amide bonds. The SMILES string of the molecule is CON=C(c1ccc(-c2ccccc2)cc1)c1ccc2c(c1)sc(=O)n2CCOc1ccc(C=C(C(=O)OC)C(=O)OC)cc1. The number of hydrogen-bond donors (Lipinski definition) is 0. The van der Waals surface area contributed by atoms with Crippen LogP contribution in [0.15, 0.2) is 113 Å². The molecular formula is C35H30N2O7S. The minimum atomic E-state index is -0.789. The minimum absolute atomic E-state index is 0.0955. The summed E-state index contributed by atoms with van der Waals surface area (Å²) in [6.07, 6.45) is 1.38. The van der Waals surface area contributed by atoms with E-state index in [1.54, 1.807) is 28.8 Å². The van der Waals surface area contributed by atoms with Gasteiger partial charge in [-0.15, -0.1) is 0 Å². The van der Waals surface area contributed by atoms with Gasteiger partial charge >= 0.3 is 16.8 Å². The van der Waals surface area contributed by atoms with Crippen LogP contribution in [0, 0.1) is 0 Å². The van der Waals surface area contributed by atoms with E-state index < -0.39 is 11.9 Å². The molecule has 0 atom stereocenters. The average Bonchev–Trinajstić information content (AvgIpc) is 3.40. The van der Waals surface area contributed by atoms with E-state index in [4.69, 9.17) is 9.57 Å². The Hall–Kier alpha value is -5.48. The fourth-order valence-corrected chi connectivity index (χ4v) is 5.70. The molecule has 10 heteroatoms. The van der Waals surface area contributed by atoms with E-state index in [-0.39, 0.29) is 17.1 Å². The molecule has 1 aromatic heterocycles. The van der Waals surface area contributed by atoms with Gasteiger partial charge in [-0.2, -0.15) is 0 Å².